The standard InChI is InChI=1S/C15H18N4O/c1-2-9-7-13(9)18-15(20)11-8-14(19-16)17-12-6-4-3-5-10(11)12/h3-6,8-9,13H,2,7,16H2,1H3,(H,17,19)(H,18,20). The van der Waals surface area contributed by atoms with E-state index in [0.717, 1.165) is 23.7 Å². The number of para-hydroxylation sites is 1. The molecule has 1 heterocycles. The van der Waals surface area contributed by atoms with Crippen LogP contribution < -0.4 is 16.6 Å². The molecule has 4 N–H and O–H groups in total. The zero-order valence-electron chi connectivity index (χ0n) is 11.4. The minimum absolute atomic E-state index is 0.0546. The molecule has 5 heteroatoms. The van der Waals surface area contributed by atoms with Gasteiger partial charge in [0, 0.05) is 11.4 Å². The smallest absolute Gasteiger partial charge is 0.252 e. The molecule has 104 valence electrons. The molecule has 0 bridgehead atoms. The number of rotatable bonds is 4. The van der Waals surface area contributed by atoms with Crippen molar-refractivity contribution in [3.63, 3.8) is 0 Å². The van der Waals surface area contributed by atoms with Crippen molar-refractivity contribution >= 4 is 22.6 Å². The molecule has 1 aliphatic carbocycles. The van der Waals surface area contributed by atoms with E-state index in [-0.39, 0.29) is 5.91 Å². The molecule has 2 aromatic rings. The number of nitrogens with one attached hydrogen (secondary N) is 2. The summed E-state index contributed by atoms with van der Waals surface area (Å²) in [5.41, 5.74) is 3.89. The molecular weight excluding hydrogens is 252 g/mol. The molecule has 2 atom stereocenters. The first-order chi connectivity index (χ1) is 9.72. The maximum atomic E-state index is 12.4. The van der Waals surface area contributed by atoms with E-state index in [4.69, 9.17) is 5.84 Å². The van der Waals surface area contributed by atoms with Gasteiger partial charge < -0.3 is 10.7 Å². The van der Waals surface area contributed by atoms with Crippen molar-refractivity contribution in [2.24, 2.45) is 11.8 Å². The van der Waals surface area contributed by atoms with Crippen LogP contribution in [0.3, 0.4) is 0 Å². The molecule has 2 unspecified atom stereocenters. The third-order valence-electron chi connectivity index (χ3n) is 3.87. The molecule has 0 aliphatic heterocycles. The van der Waals surface area contributed by atoms with E-state index in [0.29, 0.717) is 23.3 Å². The van der Waals surface area contributed by atoms with Crippen LogP contribution in [0.2, 0.25) is 0 Å². The van der Waals surface area contributed by atoms with Gasteiger partial charge in [-0.3, -0.25) is 4.79 Å². The number of amides is 1. The van der Waals surface area contributed by atoms with E-state index >= 15 is 0 Å². The largest absolute Gasteiger partial charge is 0.349 e. The number of fused-ring (bicyclic) bond motifs is 1. The Kier molecular flexibility index (Phi) is 3.28. The highest BCUT2D eigenvalue weighted by Crippen LogP contribution is 2.33. The van der Waals surface area contributed by atoms with Gasteiger partial charge in [0.2, 0.25) is 0 Å². The van der Waals surface area contributed by atoms with Gasteiger partial charge >= 0.3 is 0 Å². The van der Waals surface area contributed by atoms with Crippen LogP contribution >= 0.6 is 0 Å². The van der Waals surface area contributed by atoms with Crippen molar-refractivity contribution in [1.29, 1.82) is 0 Å². The monoisotopic (exact) mass is 270 g/mol. The van der Waals surface area contributed by atoms with Crippen LogP contribution in [0.5, 0.6) is 0 Å². The number of nitrogens with zero attached hydrogens (tertiary/aromatic N) is 1. The lowest BCUT2D eigenvalue weighted by atomic mass is 10.1. The van der Waals surface area contributed by atoms with Crippen LogP contribution in [0.4, 0.5) is 5.82 Å². The number of nitrogen functional groups attached to an aromatic ring is 1. The minimum Gasteiger partial charge on any atom is -0.349 e. The van der Waals surface area contributed by atoms with E-state index in [1.54, 1.807) is 6.07 Å². The Labute approximate surface area is 117 Å². The van der Waals surface area contributed by atoms with Crippen molar-refractivity contribution in [3.8, 4) is 0 Å². The average molecular weight is 270 g/mol. The van der Waals surface area contributed by atoms with Crippen molar-refractivity contribution in [1.82, 2.24) is 10.3 Å². The zero-order valence-corrected chi connectivity index (χ0v) is 11.4. The van der Waals surface area contributed by atoms with Gasteiger partial charge in [0.25, 0.3) is 5.91 Å². The molecule has 1 amide bonds. The van der Waals surface area contributed by atoms with Gasteiger partial charge in [0.1, 0.15) is 5.82 Å². The number of pyridine rings is 1. The summed E-state index contributed by atoms with van der Waals surface area (Å²) in [6.07, 6.45) is 2.19. The fourth-order valence-corrected chi connectivity index (χ4v) is 2.56. The number of hydrogen-bond donors (Lipinski definition) is 3. The lowest BCUT2D eigenvalue weighted by Gasteiger charge is -2.09. The van der Waals surface area contributed by atoms with Crippen LogP contribution in [0.15, 0.2) is 30.3 Å². The van der Waals surface area contributed by atoms with Gasteiger partial charge in [-0.25, -0.2) is 10.8 Å². The Morgan fingerprint density at radius 2 is 2.25 bits per heavy atom. The number of hydrazine groups is 1. The number of carbonyl (C=O) groups excluding carboxylic acids is 1. The predicted octanol–water partition coefficient (Wildman–Crippen LogP) is 2.05. The predicted molar refractivity (Wildman–Crippen MR) is 79.2 cm³/mol. The number of benzene rings is 1. The third-order valence-corrected chi connectivity index (χ3v) is 3.87. The maximum absolute atomic E-state index is 12.4. The summed E-state index contributed by atoms with van der Waals surface area (Å²) < 4.78 is 0. The Hall–Kier alpha value is -2.14. The lowest BCUT2D eigenvalue weighted by molar-refractivity contribution is 0.0950. The molecular formula is C15H18N4O. The van der Waals surface area contributed by atoms with Crippen LogP contribution in [-0.4, -0.2) is 16.9 Å². The number of hydrogen-bond acceptors (Lipinski definition) is 4. The molecule has 0 saturated heterocycles. The highest BCUT2D eigenvalue weighted by molar-refractivity contribution is 6.07. The van der Waals surface area contributed by atoms with Crippen molar-refractivity contribution in [2.75, 3.05) is 5.43 Å². The first-order valence-electron chi connectivity index (χ1n) is 6.90. The molecule has 1 saturated carbocycles. The third kappa shape index (κ3) is 2.32. The topological polar surface area (TPSA) is 80.0 Å². The van der Waals surface area contributed by atoms with Gasteiger partial charge in [-0.15, -0.1) is 0 Å². The van der Waals surface area contributed by atoms with E-state index in [1.165, 1.54) is 0 Å². The number of anilines is 1. The Morgan fingerprint density at radius 1 is 1.45 bits per heavy atom. The summed E-state index contributed by atoms with van der Waals surface area (Å²) in [6, 6.07) is 9.59. The summed E-state index contributed by atoms with van der Waals surface area (Å²) in [7, 11) is 0. The SMILES string of the molecule is CCC1CC1NC(=O)c1cc(NN)nc2ccccc12. The fraction of sp³-hybridized carbons (Fsp3) is 0.333. The summed E-state index contributed by atoms with van der Waals surface area (Å²) in [4.78, 5) is 16.8. The minimum atomic E-state index is -0.0546. The quantitative estimate of drug-likeness (QED) is 0.587. The first-order valence-corrected chi connectivity index (χ1v) is 6.90. The van der Waals surface area contributed by atoms with Gasteiger partial charge in [0.15, 0.2) is 0 Å². The first kappa shape index (κ1) is 12.9. The van der Waals surface area contributed by atoms with Crippen LogP contribution in [-0.2, 0) is 0 Å². The second-order valence-corrected chi connectivity index (χ2v) is 5.20. The van der Waals surface area contributed by atoms with Crippen molar-refractivity contribution < 1.29 is 4.79 Å². The van der Waals surface area contributed by atoms with E-state index in [2.05, 4.69) is 22.7 Å². The highest BCUT2D eigenvalue weighted by atomic mass is 16.1. The normalized spacial score (nSPS) is 20.7. The summed E-state index contributed by atoms with van der Waals surface area (Å²) in [6.45, 7) is 2.15. The molecule has 1 fully saturated rings. The molecule has 0 radical (unpaired) electrons. The lowest BCUT2D eigenvalue weighted by Crippen LogP contribution is -2.27. The van der Waals surface area contributed by atoms with Gasteiger partial charge in [-0.05, 0) is 24.5 Å². The van der Waals surface area contributed by atoms with Crippen LogP contribution in [0, 0.1) is 5.92 Å². The van der Waals surface area contributed by atoms with E-state index in [1.807, 2.05) is 24.3 Å². The van der Waals surface area contributed by atoms with Gasteiger partial charge in [-0.1, -0.05) is 31.5 Å². The van der Waals surface area contributed by atoms with Gasteiger partial charge in [-0.2, -0.15) is 0 Å². The molecule has 1 aliphatic rings. The average Bonchev–Trinajstić information content (AvgIpc) is 3.24. The van der Waals surface area contributed by atoms with E-state index in [9.17, 15) is 4.79 Å². The van der Waals surface area contributed by atoms with Crippen molar-refractivity contribution in [3.05, 3.63) is 35.9 Å². The summed E-state index contributed by atoms with van der Waals surface area (Å²) in [5.74, 6) is 6.49. The molecule has 1 aromatic heterocycles. The Morgan fingerprint density at radius 3 is 2.95 bits per heavy atom. The second kappa shape index (κ2) is 5.09. The van der Waals surface area contributed by atoms with Crippen molar-refractivity contribution in [2.45, 2.75) is 25.8 Å². The van der Waals surface area contributed by atoms with Gasteiger partial charge in [0.05, 0.1) is 11.1 Å². The highest BCUT2D eigenvalue weighted by Gasteiger charge is 2.36. The Balaban J connectivity index is 1.95. The summed E-state index contributed by atoms with van der Waals surface area (Å²) in [5, 5.41) is 3.92. The Bertz CT molecular complexity index is 655. The molecule has 20 heavy (non-hydrogen) atoms. The molecule has 3 rings (SSSR count). The number of nitrogens with two attached hydrogens (primary N) is 1. The molecule has 1 aromatic carbocycles. The van der Waals surface area contributed by atoms with E-state index < -0.39 is 0 Å². The molecule has 0 spiro atoms. The maximum Gasteiger partial charge on any atom is 0.252 e. The fourth-order valence-electron chi connectivity index (χ4n) is 2.56. The van der Waals surface area contributed by atoms with Crippen LogP contribution in [0.1, 0.15) is 30.1 Å². The number of aromatic nitrogens is 1. The van der Waals surface area contributed by atoms with Crippen LogP contribution in [0.25, 0.3) is 10.9 Å². The second-order valence-electron chi connectivity index (χ2n) is 5.20. The summed E-state index contributed by atoms with van der Waals surface area (Å²) >= 11 is 0. The molecule has 5 nitrogen and oxygen atoms in total. The number of carbonyl (C=O) groups is 1. The zero-order chi connectivity index (χ0) is 14.1.